The summed E-state index contributed by atoms with van der Waals surface area (Å²) in [7, 11) is 5.93. The van der Waals surface area contributed by atoms with E-state index in [4.69, 9.17) is 18.9 Å². The molecule has 0 amide bonds. The van der Waals surface area contributed by atoms with Crippen LogP contribution in [-0.2, 0) is 33.3 Å². The summed E-state index contributed by atoms with van der Waals surface area (Å²) < 4.78 is 22.9. The summed E-state index contributed by atoms with van der Waals surface area (Å²) in [6, 6.07) is 0. The van der Waals surface area contributed by atoms with Gasteiger partial charge < -0.3 is 33.3 Å². The van der Waals surface area contributed by atoms with E-state index in [9.17, 15) is 19.5 Å². The molecule has 2 atom stereocenters. The number of hydrogen-bond donors (Lipinski definition) is 0. The van der Waals surface area contributed by atoms with E-state index in [0.29, 0.717) is 17.4 Å². The van der Waals surface area contributed by atoms with Crippen LogP contribution in [-0.4, -0.2) is 82.3 Å². The van der Waals surface area contributed by atoms with Crippen LogP contribution in [0, 0.1) is 0 Å². The molecule has 0 N–H and O–H groups in total. The lowest BCUT2D eigenvalue weighted by molar-refractivity contribution is -0.870. The molecule has 0 aromatic heterocycles. The van der Waals surface area contributed by atoms with Gasteiger partial charge in [-0.1, -0.05) is 403 Å². The lowest BCUT2D eigenvalue weighted by Crippen LogP contribution is -2.44. The Kier molecular flexibility index (Phi) is 82.4. The van der Waals surface area contributed by atoms with Gasteiger partial charge in [0, 0.05) is 12.8 Å². The number of hydrogen-bond acceptors (Lipinski definition) is 8. The van der Waals surface area contributed by atoms with Gasteiger partial charge in [-0.2, -0.15) is 0 Å². The van der Waals surface area contributed by atoms with Crippen LogP contribution in [0.25, 0.3) is 0 Å². The van der Waals surface area contributed by atoms with Gasteiger partial charge in [0.2, 0.25) is 0 Å². The Hall–Kier alpha value is -5.09. The third-order valence-electron chi connectivity index (χ3n) is 19.3. The Bertz CT molecular complexity index is 2340. The summed E-state index contributed by atoms with van der Waals surface area (Å²) in [5, 5.41) is 11.9. The molecule has 0 saturated carbocycles. The maximum atomic E-state index is 13.0. The molecule has 0 heterocycles. The highest BCUT2D eigenvalue weighted by atomic mass is 16.7. The highest BCUT2D eigenvalue weighted by Crippen LogP contribution is 2.19. The summed E-state index contributed by atoms with van der Waals surface area (Å²) in [6.45, 7) is 4.64. The fourth-order valence-electron chi connectivity index (χ4n) is 12.5. The molecule has 0 aromatic carbocycles. The number of likely N-dealkylation sites (N-methyl/N-ethyl adjacent to an activating group) is 1. The van der Waals surface area contributed by atoms with Crippen molar-refractivity contribution in [1.29, 1.82) is 0 Å². The fraction of sp³-hybridized carbons (Fsp3) is 0.704. The minimum Gasteiger partial charge on any atom is -0.545 e. The van der Waals surface area contributed by atoms with E-state index in [-0.39, 0.29) is 38.6 Å². The first kappa shape index (κ1) is 102. The minimum absolute atomic E-state index is 0.140. The molecule has 0 aliphatic rings. The predicted molar refractivity (Wildman–Crippen MR) is 462 cm³/mol. The number of carbonyl (C=O) groups is 3. The summed E-state index contributed by atoms with van der Waals surface area (Å²) in [4.78, 5) is 37.7. The van der Waals surface area contributed by atoms with E-state index in [1.54, 1.807) is 0 Å². The maximum Gasteiger partial charge on any atom is 0.306 e. The zero-order chi connectivity index (χ0) is 77.4. The number of carboxylic acid groups (broad SMARTS) is 1. The number of allylic oxidation sites excluding steroid dienone is 26. The van der Waals surface area contributed by atoms with Gasteiger partial charge in [-0.15, -0.1) is 0 Å². The molecular formula is C98H167NO8. The van der Waals surface area contributed by atoms with Crippen LogP contribution in [0.5, 0.6) is 0 Å². The molecule has 107 heavy (non-hydrogen) atoms. The molecule has 612 valence electrons. The molecule has 0 aliphatic heterocycles. The van der Waals surface area contributed by atoms with Crippen molar-refractivity contribution in [3.05, 3.63) is 158 Å². The molecule has 9 heteroatoms. The van der Waals surface area contributed by atoms with Gasteiger partial charge in [0.25, 0.3) is 0 Å². The zero-order valence-electron chi connectivity index (χ0n) is 70.2. The van der Waals surface area contributed by atoms with E-state index in [0.717, 1.165) is 122 Å². The molecule has 0 spiro atoms. The average Bonchev–Trinajstić information content (AvgIpc) is 0.965. The second kappa shape index (κ2) is 86.5. The van der Waals surface area contributed by atoms with Crippen molar-refractivity contribution in [2.75, 3.05) is 47.5 Å². The number of ether oxygens (including phenoxy) is 4. The predicted octanol–water partition coefficient (Wildman–Crippen LogP) is 28.2. The summed E-state index contributed by atoms with van der Waals surface area (Å²) in [6.07, 6.45) is 125. The zero-order valence-corrected chi connectivity index (χ0v) is 70.2. The number of unbranched alkanes of at least 4 members (excludes halogenated alkanes) is 41. The maximum absolute atomic E-state index is 13.0. The molecule has 0 aromatic rings. The number of nitrogens with zero attached hydrogens (tertiary/aromatic N) is 1. The van der Waals surface area contributed by atoms with Gasteiger partial charge in [0.1, 0.15) is 13.2 Å². The van der Waals surface area contributed by atoms with Crippen molar-refractivity contribution in [3.8, 4) is 0 Å². The number of rotatable bonds is 82. The average molecular weight is 1490 g/mol. The first-order chi connectivity index (χ1) is 52.6. The van der Waals surface area contributed by atoms with Crippen LogP contribution < -0.4 is 5.11 Å². The Morgan fingerprint density at radius 3 is 0.794 bits per heavy atom. The summed E-state index contributed by atoms with van der Waals surface area (Å²) >= 11 is 0. The molecule has 0 saturated heterocycles. The third kappa shape index (κ3) is 88.0. The van der Waals surface area contributed by atoms with Gasteiger partial charge in [-0.25, -0.2) is 0 Å². The van der Waals surface area contributed by atoms with E-state index in [2.05, 4.69) is 172 Å². The molecule has 0 fully saturated rings. The SMILES string of the molecule is CC/C=C\C/C=C\C/C=C\C/C=C\C/C=C\C/C=C\C/C=C\C/C=C\C/C=C\C/C=C\C/C=C\CCCCCCCCCC(=O)OC(COC(=O)CCCCCCCCCCCCCCCCCCCCCCCCCCCCCCC/C=C\C/C=C\CCCCCCC)COC(OCC[N+](C)(C)C)C(=O)[O-]. The molecule has 0 radical (unpaired) electrons. The number of esters is 2. The summed E-state index contributed by atoms with van der Waals surface area (Å²) in [5.74, 6) is -2.29. The normalized spacial score (nSPS) is 13.4. The lowest BCUT2D eigenvalue weighted by atomic mass is 10.0. The van der Waals surface area contributed by atoms with Gasteiger partial charge in [0.05, 0.1) is 40.3 Å². The number of quaternary nitrogens is 1. The van der Waals surface area contributed by atoms with Gasteiger partial charge >= 0.3 is 11.9 Å². The second-order valence-corrected chi connectivity index (χ2v) is 30.8. The van der Waals surface area contributed by atoms with Crippen molar-refractivity contribution in [2.24, 2.45) is 0 Å². The topological polar surface area (TPSA) is 111 Å². The number of carbonyl (C=O) groups excluding carboxylic acids is 3. The van der Waals surface area contributed by atoms with E-state index in [1.165, 1.54) is 231 Å². The van der Waals surface area contributed by atoms with Crippen LogP contribution in [0.2, 0.25) is 0 Å². The highest BCUT2D eigenvalue weighted by molar-refractivity contribution is 5.70. The van der Waals surface area contributed by atoms with Crippen LogP contribution in [0.3, 0.4) is 0 Å². The first-order valence-corrected chi connectivity index (χ1v) is 44.6. The second-order valence-electron chi connectivity index (χ2n) is 30.8. The fourth-order valence-corrected chi connectivity index (χ4v) is 12.5. The largest absolute Gasteiger partial charge is 0.545 e. The molecule has 0 rings (SSSR count). The van der Waals surface area contributed by atoms with Gasteiger partial charge in [0.15, 0.2) is 12.4 Å². The molecule has 2 unspecified atom stereocenters. The van der Waals surface area contributed by atoms with Gasteiger partial charge in [-0.05, 0) is 128 Å². The Labute approximate surface area is 661 Å². The molecule has 9 nitrogen and oxygen atoms in total. The van der Waals surface area contributed by atoms with Gasteiger partial charge in [-0.3, -0.25) is 9.59 Å². The van der Waals surface area contributed by atoms with Crippen molar-refractivity contribution in [2.45, 2.75) is 399 Å². The standard InChI is InChI=1S/C98H167NO8/c1-6-8-10-12-14-16-18-20-22-24-26-28-30-32-34-36-38-40-42-44-46-48-50-52-54-56-58-60-62-64-66-68-70-72-74-76-78-80-82-84-86-88-95(100)105-92-94(93-106-98(97(102)103)104-91-90-99(3,4)5)107-96(101)89-87-85-83-81-79-77-75-73-71-69-67-65-63-61-59-57-55-53-51-49-47-45-43-41-39-37-35-33-31-29-27-25-23-21-19-17-15-13-11-9-7-2/h9,11,15,17-18,20-21,23-24,26-27,29,33,35,39,41,45,47,51,53,57,59,63,65,69,71,94,98H,6-8,10,12-14,16,19,22,25,28,30-32,34,36-38,40,42-44,46,48-50,52,54-56,58,60-62,64,66-68,70,72-93H2,1-5H3/b11-9-,17-15-,20-18-,23-21-,26-24-,29-27-,35-33-,41-39-,47-45-,53-51-,59-57-,65-63-,71-69-. The highest BCUT2D eigenvalue weighted by Gasteiger charge is 2.22. The molecule has 0 aliphatic carbocycles. The molecular weight excluding hydrogens is 1320 g/mol. The van der Waals surface area contributed by atoms with Crippen LogP contribution in [0.15, 0.2) is 158 Å². The Morgan fingerprint density at radius 1 is 0.290 bits per heavy atom. The smallest absolute Gasteiger partial charge is 0.306 e. The Morgan fingerprint density at radius 2 is 0.533 bits per heavy atom. The first-order valence-electron chi connectivity index (χ1n) is 44.6. The Balaban J connectivity index is 4.02. The quantitative estimate of drug-likeness (QED) is 0.0195. The number of aliphatic carboxylic acids is 1. The summed E-state index contributed by atoms with van der Waals surface area (Å²) in [5.41, 5.74) is 0. The monoisotopic (exact) mass is 1490 g/mol. The van der Waals surface area contributed by atoms with Crippen molar-refractivity contribution in [3.63, 3.8) is 0 Å². The van der Waals surface area contributed by atoms with Crippen LogP contribution >= 0.6 is 0 Å². The van der Waals surface area contributed by atoms with E-state index in [1.807, 2.05) is 21.1 Å². The van der Waals surface area contributed by atoms with Crippen LogP contribution in [0.4, 0.5) is 0 Å². The van der Waals surface area contributed by atoms with E-state index < -0.39 is 24.3 Å². The van der Waals surface area contributed by atoms with Crippen molar-refractivity contribution < 1.29 is 42.9 Å². The third-order valence-corrected chi connectivity index (χ3v) is 19.3. The lowest BCUT2D eigenvalue weighted by Gasteiger charge is -2.26. The van der Waals surface area contributed by atoms with E-state index >= 15 is 0 Å². The van der Waals surface area contributed by atoms with Crippen LogP contribution in [0.1, 0.15) is 386 Å². The van der Waals surface area contributed by atoms with Crippen molar-refractivity contribution in [1.82, 2.24) is 0 Å². The minimum atomic E-state index is -1.63. The number of carboxylic acids is 1. The van der Waals surface area contributed by atoms with Crippen molar-refractivity contribution >= 4 is 17.9 Å². The molecule has 0 bridgehead atoms.